The second-order valence-electron chi connectivity index (χ2n) is 9.47. The third kappa shape index (κ3) is 5.52. The summed E-state index contributed by atoms with van der Waals surface area (Å²) in [5, 5.41) is 2.69. The molecule has 0 atom stereocenters. The van der Waals surface area contributed by atoms with E-state index in [1.165, 1.54) is 24.5 Å². The lowest BCUT2D eigenvalue weighted by atomic mass is 10.1. The molecule has 0 fully saturated rings. The zero-order chi connectivity index (χ0) is 30.2. The van der Waals surface area contributed by atoms with Gasteiger partial charge in [0.2, 0.25) is 0 Å². The van der Waals surface area contributed by atoms with Crippen LogP contribution in [0.1, 0.15) is 37.4 Å². The molecule has 42 heavy (non-hydrogen) atoms. The number of carbonyl (C=O) groups excluding carboxylic acids is 2. The second kappa shape index (κ2) is 10.8. The van der Waals surface area contributed by atoms with Gasteiger partial charge in [-0.15, -0.1) is 0 Å². The van der Waals surface area contributed by atoms with Crippen LogP contribution in [0, 0.1) is 6.92 Å². The molecule has 5 rings (SSSR count). The van der Waals surface area contributed by atoms with E-state index in [2.05, 4.69) is 15.7 Å². The minimum Gasteiger partial charge on any atom is -0.399 e. The number of anilines is 1. The number of nitrogens with zero attached hydrogens (tertiary/aromatic N) is 2. The largest absolute Gasteiger partial charge is 0.418 e. The molecular formula is C29H23F3N6O4. The average Bonchev–Trinajstić information content (AvgIpc) is 3.44. The number of fused-ring (bicyclic) bond motifs is 1. The first-order valence-corrected chi connectivity index (χ1v) is 12.5. The van der Waals surface area contributed by atoms with Crippen LogP contribution in [0.2, 0.25) is 0 Å². The Labute approximate surface area is 235 Å². The Morgan fingerprint density at radius 2 is 1.69 bits per heavy atom. The summed E-state index contributed by atoms with van der Waals surface area (Å²) in [6.45, 7) is 1.82. The minimum atomic E-state index is -4.88. The zero-order valence-corrected chi connectivity index (χ0v) is 22.0. The smallest absolute Gasteiger partial charge is 0.399 e. The highest BCUT2D eigenvalue weighted by atomic mass is 19.4. The van der Waals surface area contributed by atoms with Crippen molar-refractivity contribution in [1.82, 2.24) is 19.5 Å². The van der Waals surface area contributed by atoms with E-state index in [4.69, 9.17) is 5.73 Å². The SMILES string of the molecule is Cc1ccccc1C(=O)Nn1c(=O)c(=O)[nH]c2cc(C(F)(F)F)c(-n3ccc(C(=O)NCc4ccc(N)cc4)c3)cc21. The van der Waals surface area contributed by atoms with Crippen molar-refractivity contribution in [2.24, 2.45) is 0 Å². The molecule has 0 saturated carbocycles. The summed E-state index contributed by atoms with van der Waals surface area (Å²) < 4.78 is 44.2. The summed E-state index contributed by atoms with van der Waals surface area (Å²) in [7, 11) is 0. The maximum absolute atomic E-state index is 14.2. The molecule has 2 heterocycles. The van der Waals surface area contributed by atoms with E-state index in [-0.39, 0.29) is 28.7 Å². The van der Waals surface area contributed by atoms with E-state index in [1.807, 2.05) is 0 Å². The van der Waals surface area contributed by atoms with Crippen LogP contribution in [0.25, 0.3) is 16.7 Å². The van der Waals surface area contributed by atoms with Crippen LogP contribution in [0.4, 0.5) is 18.9 Å². The van der Waals surface area contributed by atoms with Crippen molar-refractivity contribution >= 4 is 28.5 Å². The molecule has 0 unspecified atom stereocenters. The number of nitrogens with one attached hydrogen (secondary N) is 3. The van der Waals surface area contributed by atoms with Gasteiger partial charge in [0.05, 0.1) is 27.8 Å². The lowest BCUT2D eigenvalue weighted by molar-refractivity contribution is -0.137. The number of aryl methyl sites for hydroxylation is 1. The first-order chi connectivity index (χ1) is 19.9. The molecule has 2 amide bonds. The van der Waals surface area contributed by atoms with Crippen molar-refractivity contribution in [2.75, 3.05) is 11.2 Å². The Bertz CT molecular complexity index is 1960. The summed E-state index contributed by atoms with van der Waals surface area (Å²) in [5.41, 5.74) is 5.60. The highest BCUT2D eigenvalue weighted by Gasteiger charge is 2.35. The van der Waals surface area contributed by atoms with Gasteiger partial charge in [-0.1, -0.05) is 30.3 Å². The predicted molar refractivity (Wildman–Crippen MR) is 150 cm³/mol. The Morgan fingerprint density at radius 1 is 0.976 bits per heavy atom. The van der Waals surface area contributed by atoms with Crippen LogP contribution < -0.4 is 27.6 Å². The van der Waals surface area contributed by atoms with E-state index < -0.39 is 40.4 Å². The van der Waals surface area contributed by atoms with Gasteiger partial charge in [-0.3, -0.25) is 24.6 Å². The normalized spacial score (nSPS) is 11.4. The van der Waals surface area contributed by atoms with Crippen molar-refractivity contribution in [3.63, 3.8) is 0 Å². The van der Waals surface area contributed by atoms with Gasteiger partial charge in [0, 0.05) is 30.2 Å². The van der Waals surface area contributed by atoms with Gasteiger partial charge in [0.25, 0.3) is 11.8 Å². The number of nitrogen functional groups attached to an aromatic ring is 1. The molecule has 0 aliphatic carbocycles. The lowest BCUT2D eigenvalue weighted by Gasteiger charge is -2.18. The first-order valence-electron chi connectivity index (χ1n) is 12.5. The highest BCUT2D eigenvalue weighted by molar-refractivity contribution is 6.02. The van der Waals surface area contributed by atoms with Crippen molar-refractivity contribution in [3.05, 3.63) is 128 Å². The lowest BCUT2D eigenvalue weighted by Crippen LogP contribution is -2.42. The van der Waals surface area contributed by atoms with Crippen LogP contribution in [-0.2, 0) is 12.7 Å². The fraction of sp³-hybridized carbons (Fsp3) is 0.103. The van der Waals surface area contributed by atoms with Crippen molar-refractivity contribution in [1.29, 1.82) is 0 Å². The number of aromatic nitrogens is 3. The number of hydrogen-bond donors (Lipinski definition) is 4. The summed E-state index contributed by atoms with van der Waals surface area (Å²) >= 11 is 0. The molecule has 5 aromatic rings. The maximum atomic E-state index is 14.2. The Balaban J connectivity index is 1.56. The number of H-pyrrole nitrogens is 1. The van der Waals surface area contributed by atoms with E-state index in [0.29, 0.717) is 22.0 Å². The predicted octanol–water partition coefficient (Wildman–Crippen LogP) is 3.70. The van der Waals surface area contributed by atoms with Gasteiger partial charge in [-0.05, 0) is 54.4 Å². The molecule has 10 nitrogen and oxygen atoms in total. The number of alkyl halides is 3. The number of hydrogen-bond acceptors (Lipinski definition) is 5. The molecule has 0 aliphatic heterocycles. The molecule has 0 spiro atoms. The standard InChI is InChI=1S/C29H23F3N6O4/c1-16-4-2-3-5-20(16)26(40)36-38-24-13-23(21(29(30,31)32)12-22(24)35-27(41)28(38)42)37-11-10-18(15-37)25(39)34-14-17-6-8-19(33)9-7-17/h2-13,15H,14,33H2,1H3,(H,34,39)(H,35,41)(H,36,40). The van der Waals surface area contributed by atoms with E-state index in [1.54, 1.807) is 49.4 Å². The van der Waals surface area contributed by atoms with Crippen LogP contribution in [0.3, 0.4) is 0 Å². The third-order valence-corrected chi connectivity index (χ3v) is 6.57. The maximum Gasteiger partial charge on any atom is 0.418 e. The van der Waals surface area contributed by atoms with Gasteiger partial charge >= 0.3 is 17.3 Å². The number of benzene rings is 3. The van der Waals surface area contributed by atoms with Gasteiger partial charge in [-0.2, -0.15) is 13.2 Å². The summed E-state index contributed by atoms with van der Waals surface area (Å²) in [4.78, 5) is 53.0. The number of carbonyl (C=O) groups is 2. The van der Waals surface area contributed by atoms with E-state index in [9.17, 15) is 32.3 Å². The van der Waals surface area contributed by atoms with Crippen LogP contribution in [-0.4, -0.2) is 26.0 Å². The third-order valence-electron chi connectivity index (χ3n) is 6.57. The van der Waals surface area contributed by atoms with Crippen LogP contribution in [0.5, 0.6) is 0 Å². The molecule has 0 bridgehead atoms. The molecule has 0 saturated heterocycles. The molecular weight excluding hydrogens is 553 g/mol. The summed E-state index contributed by atoms with van der Waals surface area (Å²) in [5.74, 6) is -1.28. The monoisotopic (exact) mass is 576 g/mol. The second-order valence-corrected chi connectivity index (χ2v) is 9.47. The zero-order valence-electron chi connectivity index (χ0n) is 22.0. The molecule has 3 aromatic carbocycles. The number of rotatable bonds is 6. The average molecular weight is 577 g/mol. The highest BCUT2D eigenvalue weighted by Crippen LogP contribution is 2.36. The van der Waals surface area contributed by atoms with E-state index >= 15 is 0 Å². The van der Waals surface area contributed by atoms with Gasteiger partial charge in [0.1, 0.15) is 0 Å². The molecule has 2 aromatic heterocycles. The molecule has 0 radical (unpaired) electrons. The Hall–Kier alpha value is -5.59. The topological polar surface area (TPSA) is 144 Å². The Morgan fingerprint density at radius 3 is 2.38 bits per heavy atom. The van der Waals surface area contributed by atoms with Crippen LogP contribution in [0.15, 0.2) is 88.7 Å². The quantitative estimate of drug-likeness (QED) is 0.180. The van der Waals surface area contributed by atoms with Gasteiger partial charge < -0.3 is 20.6 Å². The molecule has 5 N–H and O–H groups in total. The summed E-state index contributed by atoms with van der Waals surface area (Å²) in [6, 6.07) is 16.3. The van der Waals surface area contributed by atoms with E-state index in [0.717, 1.165) is 16.2 Å². The fourth-order valence-electron chi connectivity index (χ4n) is 4.39. The number of nitrogens with two attached hydrogens (primary N) is 1. The first kappa shape index (κ1) is 28.0. The summed E-state index contributed by atoms with van der Waals surface area (Å²) in [6.07, 6.45) is -2.42. The number of halogens is 3. The van der Waals surface area contributed by atoms with Crippen molar-refractivity contribution < 1.29 is 22.8 Å². The van der Waals surface area contributed by atoms with Crippen molar-refractivity contribution in [3.8, 4) is 5.69 Å². The number of amides is 2. The van der Waals surface area contributed by atoms with Gasteiger partial charge in [0.15, 0.2) is 0 Å². The molecule has 214 valence electrons. The Kier molecular flexibility index (Phi) is 7.17. The fourth-order valence-corrected chi connectivity index (χ4v) is 4.39. The minimum absolute atomic E-state index is 0.0744. The van der Waals surface area contributed by atoms with Gasteiger partial charge in [-0.25, -0.2) is 4.68 Å². The van der Waals surface area contributed by atoms with Crippen LogP contribution >= 0.6 is 0 Å². The number of aromatic amines is 1. The molecule has 0 aliphatic rings. The molecule has 13 heteroatoms. The van der Waals surface area contributed by atoms with Crippen molar-refractivity contribution in [2.45, 2.75) is 19.6 Å².